The van der Waals surface area contributed by atoms with Gasteiger partial charge in [0.2, 0.25) is 0 Å². The number of hydrogen-bond acceptors (Lipinski definition) is 8. The van der Waals surface area contributed by atoms with Crippen molar-refractivity contribution in [3.05, 3.63) is 47.2 Å². The number of carbonyl (C=O) groups excluding carboxylic acids is 2. The first-order chi connectivity index (χ1) is 11.5. The van der Waals surface area contributed by atoms with E-state index in [0.717, 1.165) is 11.8 Å². The van der Waals surface area contributed by atoms with Gasteiger partial charge in [-0.05, 0) is 19.1 Å². The molecule has 0 amide bonds. The number of nitriles is 1. The van der Waals surface area contributed by atoms with Crippen molar-refractivity contribution in [1.82, 2.24) is 9.97 Å². The van der Waals surface area contributed by atoms with Crippen molar-refractivity contribution in [3.8, 4) is 6.07 Å². The number of thioether (sulfide) groups is 1. The zero-order valence-corrected chi connectivity index (χ0v) is 13.7. The minimum atomic E-state index is -0.583. The summed E-state index contributed by atoms with van der Waals surface area (Å²) in [7, 11) is 0. The summed E-state index contributed by atoms with van der Waals surface area (Å²) in [6, 6.07) is 8.36. The van der Waals surface area contributed by atoms with Crippen molar-refractivity contribution in [2.45, 2.75) is 12.1 Å². The molecule has 0 spiro atoms. The standard InChI is InChI=1S/C16H14N4O3S/c1-2-23-15(22)12-8-19-16(20-14(12)18)24-9-13(21)11-5-3-10(7-17)4-6-11/h3-6,8H,2,9H2,1H3,(H2,18,19,20). The highest BCUT2D eigenvalue weighted by atomic mass is 32.2. The van der Waals surface area contributed by atoms with Crippen molar-refractivity contribution in [1.29, 1.82) is 5.26 Å². The lowest BCUT2D eigenvalue weighted by Gasteiger charge is -2.06. The Balaban J connectivity index is 2.01. The fraction of sp³-hybridized carbons (Fsp3) is 0.188. The molecule has 2 N–H and O–H groups in total. The van der Waals surface area contributed by atoms with Crippen molar-refractivity contribution < 1.29 is 14.3 Å². The van der Waals surface area contributed by atoms with Crippen LogP contribution in [0.5, 0.6) is 0 Å². The number of esters is 1. The van der Waals surface area contributed by atoms with Crippen LogP contribution in [-0.4, -0.2) is 34.1 Å². The van der Waals surface area contributed by atoms with Gasteiger partial charge in [-0.15, -0.1) is 0 Å². The molecule has 7 nitrogen and oxygen atoms in total. The molecule has 122 valence electrons. The van der Waals surface area contributed by atoms with Gasteiger partial charge >= 0.3 is 5.97 Å². The van der Waals surface area contributed by atoms with Crippen LogP contribution in [0.4, 0.5) is 5.82 Å². The number of anilines is 1. The summed E-state index contributed by atoms with van der Waals surface area (Å²) in [5, 5.41) is 9.03. The Labute approximate surface area is 142 Å². The molecule has 8 heteroatoms. The molecule has 1 aromatic heterocycles. The average Bonchev–Trinajstić information content (AvgIpc) is 2.60. The molecule has 2 rings (SSSR count). The highest BCUT2D eigenvalue weighted by molar-refractivity contribution is 7.99. The third-order valence-electron chi connectivity index (χ3n) is 2.96. The van der Waals surface area contributed by atoms with Gasteiger partial charge in [0.1, 0.15) is 11.4 Å². The molecule has 24 heavy (non-hydrogen) atoms. The molecule has 0 aliphatic heterocycles. The number of ether oxygens (including phenoxy) is 1. The quantitative estimate of drug-likeness (QED) is 0.367. The van der Waals surface area contributed by atoms with Gasteiger partial charge in [0, 0.05) is 11.8 Å². The van der Waals surface area contributed by atoms with Crippen LogP contribution in [0.3, 0.4) is 0 Å². The third-order valence-corrected chi connectivity index (χ3v) is 3.82. The number of ketones is 1. The zero-order valence-electron chi connectivity index (χ0n) is 12.9. The number of benzene rings is 1. The van der Waals surface area contributed by atoms with Crippen LogP contribution < -0.4 is 5.73 Å². The Morgan fingerprint density at radius 3 is 2.62 bits per heavy atom. The molecule has 0 aliphatic rings. The molecule has 0 saturated heterocycles. The number of hydrogen-bond donors (Lipinski definition) is 1. The lowest BCUT2D eigenvalue weighted by Crippen LogP contribution is -2.11. The molecule has 2 aromatic rings. The minimum Gasteiger partial charge on any atom is -0.462 e. The number of rotatable bonds is 6. The number of nitrogens with zero attached hydrogens (tertiary/aromatic N) is 3. The smallest absolute Gasteiger partial charge is 0.343 e. The predicted octanol–water partition coefficient (Wildman–Crippen LogP) is 2.08. The Kier molecular flexibility index (Phi) is 5.87. The maximum atomic E-state index is 12.1. The van der Waals surface area contributed by atoms with E-state index in [0.29, 0.717) is 16.3 Å². The highest BCUT2D eigenvalue weighted by Gasteiger charge is 2.15. The summed E-state index contributed by atoms with van der Waals surface area (Å²) in [6.07, 6.45) is 1.29. The van der Waals surface area contributed by atoms with Gasteiger partial charge in [0.15, 0.2) is 10.9 Å². The van der Waals surface area contributed by atoms with Gasteiger partial charge < -0.3 is 10.5 Å². The molecule has 0 unspecified atom stereocenters. The van der Waals surface area contributed by atoms with Crippen LogP contribution >= 0.6 is 11.8 Å². The van der Waals surface area contributed by atoms with Gasteiger partial charge in [-0.25, -0.2) is 14.8 Å². The summed E-state index contributed by atoms with van der Waals surface area (Å²) < 4.78 is 4.84. The Hall–Kier alpha value is -2.92. The zero-order chi connectivity index (χ0) is 17.5. The summed E-state index contributed by atoms with van der Waals surface area (Å²) in [4.78, 5) is 31.7. The molecule has 1 aromatic carbocycles. The molecule has 0 atom stereocenters. The predicted molar refractivity (Wildman–Crippen MR) is 88.6 cm³/mol. The van der Waals surface area contributed by atoms with Crippen LogP contribution in [0.2, 0.25) is 0 Å². The van der Waals surface area contributed by atoms with E-state index in [9.17, 15) is 9.59 Å². The molecule has 0 aliphatic carbocycles. The maximum Gasteiger partial charge on any atom is 0.343 e. The van der Waals surface area contributed by atoms with Gasteiger partial charge in [-0.3, -0.25) is 4.79 Å². The lowest BCUT2D eigenvalue weighted by molar-refractivity contribution is 0.0526. The Bertz CT molecular complexity index is 800. The van der Waals surface area contributed by atoms with Gasteiger partial charge in [-0.1, -0.05) is 23.9 Å². The number of nitrogen functional groups attached to an aromatic ring is 1. The summed E-state index contributed by atoms with van der Waals surface area (Å²) in [6.45, 7) is 1.92. The van der Waals surface area contributed by atoms with E-state index in [2.05, 4.69) is 9.97 Å². The van der Waals surface area contributed by atoms with E-state index in [-0.39, 0.29) is 29.5 Å². The number of Topliss-reactive ketones (excluding diaryl/α,β-unsaturated/α-hetero) is 1. The minimum absolute atomic E-state index is 0.0109. The van der Waals surface area contributed by atoms with Gasteiger partial charge in [-0.2, -0.15) is 5.26 Å². The fourth-order valence-electron chi connectivity index (χ4n) is 1.76. The SMILES string of the molecule is CCOC(=O)c1cnc(SCC(=O)c2ccc(C#N)cc2)nc1N. The van der Waals surface area contributed by atoms with E-state index in [4.69, 9.17) is 15.7 Å². The van der Waals surface area contributed by atoms with Crippen molar-refractivity contribution >= 4 is 29.3 Å². The highest BCUT2D eigenvalue weighted by Crippen LogP contribution is 2.18. The largest absolute Gasteiger partial charge is 0.462 e. The first-order valence-corrected chi connectivity index (χ1v) is 7.99. The number of carbonyl (C=O) groups is 2. The molecular weight excluding hydrogens is 328 g/mol. The van der Waals surface area contributed by atoms with Gasteiger partial charge in [0.25, 0.3) is 0 Å². The van der Waals surface area contributed by atoms with E-state index >= 15 is 0 Å². The number of aromatic nitrogens is 2. The van der Waals surface area contributed by atoms with E-state index < -0.39 is 5.97 Å². The van der Waals surface area contributed by atoms with Gasteiger partial charge in [0.05, 0.1) is 24.0 Å². The monoisotopic (exact) mass is 342 g/mol. The Morgan fingerprint density at radius 1 is 1.33 bits per heavy atom. The van der Waals surface area contributed by atoms with E-state index in [1.807, 2.05) is 6.07 Å². The second-order valence-electron chi connectivity index (χ2n) is 4.57. The van der Waals surface area contributed by atoms with Crippen molar-refractivity contribution in [2.24, 2.45) is 0 Å². The molecule has 0 bridgehead atoms. The van der Waals surface area contributed by atoms with E-state index in [1.54, 1.807) is 31.2 Å². The third kappa shape index (κ3) is 4.30. The molecule has 1 heterocycles. The van der Waals surface area contributed by atoms with Crippen molar-refractivity contribution in [2.75, 3.05) is 18.1 Å². The van der Waals surface area contributed by atoms with Crippen molar-refractivity contribution in [3.63, 3.8) is 0 Å². The van der Waals surface area contributed by atoms with Crippen LogP contribution in [0.25, 0.3) is 0 Å². The summed E-state index contributed by atoms with van der Waals surface area (Å²) >= 11 is 1.11. The van der Waals surface area contributed by atoms with Crippen LogP contribution in [0, 0.1) is 11.3 Å². The first kappa shape index (κ1) is 17.4. The first-order valence-electron chi connectivity index (χ1n) is 7.01. The van der Waals surface area contributed by atoms with Crippen LogP contribution in [0.1, 0.15) is 33.2 Å². The van der Waals surface area contributed by atoms with Crippen LogP contribution in [-0.2, 0) is 4.74 Å². The Morgan fingerprint density at radius 2 is 2.04 bits per heavy atom. The molecule has 0 radical (unpaired) electrons. The van der Waals surface area contributed by atoms with Crippen LogP contribution in [0.15, 0.2) is 35.6 Å². The molecule has 0 fully saturated rings. The fourth-order valence-corrected chi connectivity index (χ4v) is 2.47. The molecule has 0 saturated carbocycles. The molecular formula is C16H14N4O3S. The summed E-state index contributed by atoms with van der Waals surface area (Å²) in [5.74, 6) is -0.581. The average molecular weight is 342 g/mol. The normalized spacial score (nSPS) is 10.0. The second-order valence-corrected chi connectivity index (χ2v) is 5.52. The number of nitrogens with two attached hydrogens (primary N) is 1. The topological polar surface area (TPSA) is 119 Å². The maximum absolute atomic E-state index is 12.1. The summed E-state index contributed by atoms with van der Waals surface area (Å²) in [5.41, 5.74) is 6.81. The van der Waals surface area contributed by atoms with E-state index in [1.165, 1.54) is 6.20 Å². The lowest BCUT2D eigenvalue weighted by atomic mass is 10.1. The second kappa shape index (κ2) is 8.08.